The molecule has 0 aliphatic heterocycles. The van der Waals surface area contributed by atoms with Crippen molar-refractivity contribution < 1.29 is 0 Å². The fourth-order valence-electron chi connectivity index (χ4n) is 1.94. The molecule has 0 fully saturated rings. The molecule has 0 aliphatic rings. The highest BCUT2D eigenvalue weighted by molar-refractivity contribution is 5.56. The van der Waals surface area contributed by atoms with Crippen LogP contribution < -0.4 is 11.2 Å². The molecule has 0 saturated heterocycles. The SMILES string of the molecule is CCCN(NC(C)CCCC=NCCCN)C(C)C. The molecule has 114 valence electrons. The standard InChI is InChI=1S/C15H34N4/c1-5-13-19(14(2)3)18-15(4)9-6-7-11-17-12-8-10-16/h11,14-15,18H,5-10,12-13,16H2,1-4H3. The minimum absolute atomic E-state index is 0.534. The minimum atomic E-state index is 0.534. The van der Waals surface area contributed by atoms with Crippen LogP contribution in [0.3, 0.4) is 0 Å². The van der Waals surface area contributed by atoms with Crippen LogP contribution in [-0.2, 0) is 0 Å². The van der Waals surface area contributed by atoms with Gasteiger partial charge in [-0.3, -0.25) is 10.4 Å². The van der Waals surface area contributed by atoms with Crippen LogP contribution in [0.2, 0.25) is 0 Å². The summed E-state index contributed by atoms with van der Waals surface area (Å²) < 4.78 is 0. The summed E-state index contributed by atoms with van der Waals surface area (Å²) in [5.74, 6) is 0. The van der Waals surface area contributed by atoms with Gasteiger partial charge in [-0.1, -0.05) is 6.92 Å². The number of hydrogen-bond acceptors (Lipinski definition) is 4. The summed E-state index contributed by atoms with van der Waals surface area (Å²) in [6.07, 6.45) is 7.69. The van der Waals surface area contributed by atoms with E-state index in [-0.39, 0.29) is 0 Å². The van der Waals surface area contributed by atoms with Gasteiger partial charge >= 0.3 is 0 Å². The zero-order valence-electron chi connectivity index (χ0n) is 13.4. The van der Waals surface area contributed by atoms with Gasteiger partial charge in [0.05, 0.1) is 0 Å². The van der Waals surface area contributed by atoms with Crippen LogP contribution in [-0.4, -0.2) is 42.9 Å². The number of rotatable bonds is 12. The van der Waals surface area contributed by atoms with Crippen molar-refractivity contribution in [1.82, 2.24) is 10.4 Å². The Balaban J connectivity index is 3.67. The summed E-state index contributed by atoms with van der Waals surface area (Å²) in [4.78, 5) is 4.34. The molecular weight excluding hydrogens is 236 g/mol. The summed E-state index contributed by atoms with van der Waals surface area (Å²) in [5, 5.41) is 2.35. The Bertz CT molecular complexity index is 216. The first kappa shape index (κ1) is 18.6. The van der Waals surface area contributed by atoms with Crippen LogP contribution in [0.25, 0.3) is 0 Å². The lowest BCUT2D eigenvalue weighted by molar-refractivity contribution is 0.118. The molecule has 0 spiro atoms. The zero-order valence-corrected chi connectivity index (χ0v) is 13.4. The zero-order chi connectivity index (χ0) is 14.5. The summed E-state index contributed by atoms with van der Waals surface area (Å²) >= 11 is 0. The Morgan fingerprint density at radius 1 is 1.26 bits per heavy atom. The molecule has 0 aromatic heterocycles. The Labute approximate surface area is 119 Å². The van der Waals surface area contributed by atoms with Gasteiger partial charge in [-0.25, -0.2) is 5.01 Å². The van der Waals surface area contributed by atoms with Crippen LogP contribution in [0.15, 0.2) is 4.99 Å². The van der Waals surface area contributed by atoms with Gasteiger partial charge in [0.15, 0.2) is 0 Å². The fourth-order valence-corrected chi connectivity index (χ4v) is 1.94. The molecule has 0 aromatic rings. The Kier molecular flexibility index (Phi) is 12.3. The largest absolute Gasteiger partial charge is 0.330 e. The first-order chi connectivity index (χ1) is 9.11. The van der Waals surface area contributed by atoms with Gasteiger partial charge in [-0.05, 0) is 65.6 Å². The Hall–Kier alpha value is -0.450. The molecule has 0 heterocycles. The highest BCUT2D eigenvalue weighted by Gasteiger charge is 2.10. The molecule has 0 radical (unpaired) electrons. The molecule has 0 amide bonds. The van der Waals surface area contributed by atoms with Gasteiger partial charge in [0.2, 0.25) is 0 Å². The molecule has 0 aromatic carbocycles. The highest BCUT2D eigenvalue weighted by Crippen LogP contribution is 2.03. The first-order valence-corrected chi connectivity index (χ1v) is 7.83. The molecule has 4 nitrogen and oxygen atoms in total. The second-order valence-electron chi connectivity index (χ2n) is 5.48. The molecule has 3 N–H and O–H groups in total. The van der Waals surface area contributed by atoms with Gasteiger partial charge in [0.1, 0.15) is 0 Å². The third-order valence-electron chi connectivity index (χ3n) is 3.06. The van der Waals surface area contributed by atoms with Crippen LogP contribution >= 0.6 is 0 Å². The van der Waals surface area contributed by atoms with Gasteiger partial charge < -0.3 is 5.73 Å². The predicted octanol–water partition coefficient (Wildman–Crippen LogP) is 2.59. The lowest BCUT2D eigenvalue weighted by atomic mass is 10.1. The maximum absolute atomic E-state index is 5.42. The maximum atomic E-state index is 5.42. The smallest absolute Gasteiger partial charge is 0.0397 e. The van der Waals surface area contributed by atoms with Crippen molar-refractivity contribution in [1.29, 1.82) is 0 Å². The van der Waals surface area contributed by atoms with Gasteiger partial charge in [0, 0.05) is 25.2 Å². The number of unbranched alkanes of at least 4 members (excludes halogenated alkanes) is 1. The van der Waals surface area contributed by atoms with E-state index < -0.39 is 0 Å². The molecule has 1 unspecified atom stereocenters. The van der Waals surface area contributed by atoms with Crippen molar-refractivity contribution in [2.75, 3.05) is 19.6 Å². The first-order valence-electron chi connectivity index (χ1n) is 7.83. The van der Waals surface area contributed by atoms with Crippen LogP contribution in [0.1, 0.15) is 59.8 Å². The van der Waals surface area contributed by atoms with Gasteiger partial charge in [-0.15, -0.1) is 0 Å². The van der Waals surface area contributed by atoms with Crippen molar-refractivity contribution in [2.45, 2.75) is 71.9 Å². The van der Waals surface area contributed by atoms with Crippen LogP contribution in [0.4, 0.5) is 0 Å². The summed E-state index contributed by atoms with van der Waals surface area (Å²) in [5.41, 5.74) is 9.02. The second-order valence-corrected chi connectivity index (χ2v) is 5.48. The Morgan fingerprint density at radius 2 is 2.00 bits per heavy atom. The second kappa shape index (κ2) is 12.6. The molecule has 1 atom stereocenters. The van der Waals surface area contributed by atoms with Crippen molar-refractivity contribution in [3.63, 3.8) is 0 Å². The van der Waals surface area contributed by atoms with Crippen molar-refractivity contribution >= 4 is 6.21 Å². The molecule has 0 aliphatic carbocycles. The monoisotopic (exact) mass is 270 g/mol. The van der Waals surface area contributed by atoms with Crippen LogP contribution in [0.5, 0.6) is 0 Å². The quantitative estimate of drug-likeness (QED) is 0.325. The number of aliphatic imine (C=N–C) groups is 1. The molecule has 4 heteroatoms. The summed E-state index contributed by atoms with van der Waals surface area (Å²) in [6, 6.07) is 1.09. The van der Waals surface area contributed by atoms with Gasteiger partial charge in [-0.2, -0.15) is 0 Å². The average molecular weight is 270 g/mol. The normalized spacial score (nSPS) is 13.8. The molecule has 0 saturated carbocycles. The molecule has 0 rings (SSSR count). The lowest BCUT2D eigenvalue weighted by Crippen LogP contribution is -2.47. The van der Waals surface area contributed by atoms with Crippen molar-refractivity contribution in [3.8, 4) is 0 Å². The van der Waals surface area contributed by atoms with Gasteiger partial charge in [0.25, 0.3) is 0 Å². The van der Waals surface area contributed by atoms with E-state index in [1.165, 1.54) is 19.3 Å². The number of nitrogens with one attached hydrogen (secondary N) is 1. The van der Waals surface area contributed by atoms with E-state index in [9.17, 15) is 0 Å². The fraction of sp³-hybridized carbons (Fsp3) is 0.933. The average Bonchev–Trinajstić information content (AvgIpc) is 2.37. The van der Waals surface area contributed by atoms with E-state index in [2.05, 4.69) is 49.3 Å². The van der Waals surface area contributed by atoms with E-state index in [0.29, 0.717) is 12.1 Å². The summed E-state index contributed by atoms with van der Waals surface area (Å²) in [6.45, 7) is 11.7. The van der Waals surface area contributed by atoms with E-state index in [0.717, 1.165) is 32.5 Å². The number of nitrogens with two attached hydrogens (primary N) is 1. The van der Waals surface area contributed by atoms with E-state index in [4.69, 9.17) is 5.73 Å². The lowest BCUT2D eigenvalue weighted by Gasteiger charge is -2.30. The van der Waals surface area contributed by atoms with E-state index in [1.807, 2.05) is 0 Å². The minimum Gasteiger partial charge on any atom is -0.330 e. The van der Waals surface area contributed by atoms with Crippen LogP contribution in [0, 0.1) is 0 Å². The molecule has 0 bridgehead atoms. The third-order valence-corrected chi connectivity index (χ3v) is 3.06. The third kappa shape index (κ3) is 11.1. The topological polar surface area (TPSA) is 53.6 Å². The highest BCUT2D eigenvalue weighted by atomic mass is 15.5. The number of nitrogens with zero attached hydrogens (tertiary/aromatic N) is 2. The summed E-state index contributed by atoms with van der Waals surface area (Å²) in [7, 11) is 0. The predicted molar refractivity (Wildman–Crippen MR) is 85.6 cm³/mol. The Morgan fingerprint density at radius 3 is 2.58 bits per heavy atom. The number of hydrogen-bond donors (Lipinski definition) is 2. The molecule has 19 heavy (non-hydrogen) atoms. The van der Waals surface area contributed by atoms with Crippen molar-refractivity contribution in [2.24, 2.45) is 10.7 Å². The number of hydrazine groups is 1. The molecular formula is C15H34N4. The maximum Gasteiger partial charge on any atom is 0.0397 e. The van der Waals surface area contributed by atoms with E-state index >= 15 is 0 Å². The van der Waals surface area contributed by atoms with E-state index in [1.54, 1.807) is 0 Å². The van der Waals surface area contributed by atoms with Crippen molar-refractivity contribution in [3.05, 3.63) is 0 Å².